The van der Waals surface area contributed by atoms with Gasteiger partial charge in [0.2, 0.25) is 0 Å². The highest BCUT2D eigenvalue weighted by Gasteiger charge is 2.05. The molecule has 0 saturated carbocycles. The minimum Gasteiger partial charge on any atom is -0.265 e. The van der Waals surface area contributed by atoms with Gasteiger partial charge in [0.1, 0.15) is 6.20 Å². The molecule has 0 saturated heterocycles. The zero-order valence-electron chi connectivity index (χ0n) is 6.37. The van der Waals surface area contributed by atoms with Crippen molar-refractivity contribution in [3.63, 3.8) is 0 Å². The van der Waals surface area contributed by atoms with E-state index in [0.717, 1.165) is 11.2 Å². The fraction of sp³-hybridized carbons (Fsp3) is 0.167. The maximum absolute atomic E-state index is 10.2. The van der Waals surface area contributed by atoms with Crippen molar-refractivity contribution in [3.05, 3.63) is 27.9 Å². The van der Waals surface area contributed by atoms with Crippen LogP contribution in [0.3, 0.4) is 0 Å². The second kappa shape index (κ2) is 2.69. The highest BCUT2D eigenvalue weighted by atomic mass is 16.6. The van der Waals surface area contributed by atoms with Crippen LogP contribution in [0.2, 0.25) is 0 Å². The highest BCUT2D eigenvalue weighted by Crippen LogP contribution is 2.07. The van der Waals surface area contributed by atoms with Crippen molar-refractivity contribution in [1.29, 1.82) is 0 Å². The van der Waals surface area contributed by atoms with Gasteiger partial charge >= 0.3 is 0 Å². The van der Waals surface area contributed by atoms with Crippen molar-refractivity contribution >= 4 is 19.1 Å². The van der Waals surface area contributed by atoms with Gasteiger partial charge in [-0.05, 0) is 18.1 Å². The van der Waals surface area contributed by atoms with Crippen molar-refractivity contribution in [2.45, 2.75) is 6.92 Å². The standard InChI is InChI=1S/C6H7BN2O2/c1-4-2-5(9(10)11)3-8-6(4)7/h2-3H,7H2,1H3. The molecule has 0 amide bonds. The van der Waals surface area contributed by atoms with Gasteiger partial charge in [-0.15, -0.1) is 0 Å². The summed E-state index contributed by atoms with van der Waals surface area (Å²) in [6.07, 6.45) is 1.27. The molecule has 1 rings (SSSR count). The number of pyridine rings is 1. The summed E-state index contributed by atoms with van der Waals surface area (Å²) in [4.78, 5) is 13.6. The summed E-state index contributed by atoms with van der Waals surface area (Å²) in [5, 5.41) is 10.2. The molecule has 56 valence electrons. The number of hydrogen-bond donors (Lipinski definition) is 0. The van der Waals surface area contributed by atoms with Gasteiger partial charge in [-0.3, -0.25) is 15.1 Å². The molecule has 4 nitrogen and oxygen atoms in total. The summed E-state index contributed by atoms with van der Waals surface area (Å²) >= 11 is 0. The van der Waals surface area contributed by atoms with E-state index in [2.05, 4.69) is 4.98 Å². The van der Waals surface area contributed by atoms with Crippen molar-refractivity contribution in [3.8, 4) is 0 Å². The Kier molecular flexibility index (Phi) is 1.89. The number of nitrogens with zero attached hydrogens (tertiary/aromatic N) is 2. The molecule has 0 N–H and O–H groups in total. The third kappa shape index (κ3) is 1.55. The van der Waals surface area contributed by atoms with Gasteiger partial charge in [-0.1, -0.05) is 0 Å². The number of nitro groups is 1. The molecule has 5 heteroatoms. The molecular formula is C6H7BN2O2. The molecular weight excluding hydrogens is 143 g/mol. The monoisotopic (exact) mass is 150 g/mol. The Labute approximate surface area is 64.8 Å². The molecule has 1 aromatic heterocycles. The maximum atomic E-state index is 10.2. The Morgan fingerprint density at radius 1 is 1.73 bits per heavy atom. The van der Waals surface area contributed by atoms with E-state index in [1.54, 1.807) is 6.92 Å². The van der Waals surface area contributed by atoms with Crippen LogP contribution >= 0.6 is 0 Å². The number of aryl methyl sites for hydroxylation is 1. The Bertz CT molecular complexity index is 301. The summed E-state index contributed by atoms with van der Waals surface area (Å²) in [5.74, 6) is 0. The number of aromatic nitrogens is 1. The van der Waals surface area contributed by atoms with Crippen molar-refractivity contribution in [1.82, 2.24) is 4.98 Å². The molecule has 0 aliphatic rings. The zero-order valence-corrected chi connectivity index (χ0v) is 6.37. The number of rotatable bonds is 1. The van der Waals surface area contributed by atoms with Crippen LogP contribution in [0, 0.1) is 17.0 Å². The van der Waals surface area contributed by atoms with Crippen molar-refractivity contribution in [2.24, 2.45) is 0 Å². The molecule has 0 aromatic carbocycles. The summed E-state index contributed by atoms with van der Waals surface area (Å²) in [6.45, 7) is 1.80. The van der Waals surface area contributed by atoms with Crippen LogP contribution in [0.5, 0.6) is 0 Å². The van der Waals surface area contributed by atoms with E-state index in [0.29, 0.717) is 0 Å². The van der Waals surface area contributed by atoms with Gasteiger partial charge in [0.15, 0.2) is 7.85 Å². The normalized spacial score (nSPS) is 9.55. The van der Waals surface area contributed by atoms with Crippen molar-refractivity contribution in [2.75, 3.05) is 0 Å². The third-order valence-electron chi connectivity index (χ3n) is 1.54. The predicted molar refractivity (Wildman–Crippen MR) is 43.8 cm³/mol. The van der Waals surface area contributed by atoms with Gasteiger partial charge < -0.3 is 0 Å². The first-order chi connectivity index (χ1) is 5.11. The van der Waals surface area contributed by atoms with E-state index in [1.807, 2.05) is 7.85 Å². The van der Waals surface area contributed by atoms with E-state index in [4.69, 9.17) is 0 Å². The Morgan fingerprint density at radius 2 is 2.36 bits per heavy atom. The predicted octanol–water partition coefficient (Wildman–Crippen LogP) is -0.443. The van der Waals surface area contributed by atoms with Gasteiger partial charge in [-0.25, -0.2) is 0 Å². The van der Waals surface area contributed by atoms with Crippen LogP contribution in [0.25, 0.3) is 0 Å². The lowest BCUT2D eigenvalue weighted by Gasteiger charge is -1.96. The average Bonchev–Trinajstić information content (AvgIpc) is 1.94. The van der Waals surface area contributed by atoms with E-state index in [9.17, 15) is 10.1 Å². The van der Waals surface area contributed by atoms with E-state index >= 15 is 0 Å². The molecule has 0 fully saturated rings. The summed E-state index contributed by atoms with van der Waals surface area (Å²) < 4.78 is 0. The highest BCUT2D eigenvalue weighted by molar-refractivity contribution is 6.31. The van der Waals surface area contributed by atoms with Crippen LogP contribution in [-0.4, -0.2) is 17.8 Å². The van der Waals surface area contributed by atoms with Crippen LogP contribution in [0.4, 0.5) is 5.69 Å². The number of hydrogen-bond acceptors (Lipinski definition) is 3. The van der Waals surface area contributed by atoms with Gasteiger partial charge in [0, 0.05) is 6.07 Å². The molecule has 0 atom stereocenters. The summed E-state index contributed by atoms with van der Waals surface area (Å²) in [5.41, 5.74) is 1.72. The Morgan fingerprint density at radius 3 is 2.82 bits per heavy atom. The van der Waals surface area contributed by atoms with E-state index in [-0.39, 0.29) is 5.69 Å². The fourth-order valence-corrected chi connectivity index (χ4v) is 0.728. The lowest BCUT2D eigenvalue weighted by Crippen LogP contribution is -2.11. The van der Waals surface area contributed by atoms with Gasteiger partial charge in [-0.2, -0.15) is 0 Å². The first kappa shape index (κ1) is 7.72. The van der Waals surface area contributed by atoms with Gasteiger partial charge in [0.25, 0.3) is 5.69 Å². The molecule has 0 bridgehead atoms. The van der Waals surface area contributed by atoms with Crippen LogP contribution in [0.15, 0.2) is 12.3 Å². The fourth-order valence-electron chi connectivity index (χ4n) is 0.728. The summed E-state index contributed by atoms with van der Waals surface area (Å²) in [7, 11) is 1.82. The van der Waals surface area contributed by atoms with Crippen LogP contribution in [0.1, 0.15) is 5.56 Å². The molecule has 11 heavy (non-hydrogen) atoms. The largest absolute Gasteiger partial charge is 0.287 e. The molecule has 0 aliphatic carbocycles. The first-order valence-electron chi connectivity index (χ1n) is 3.19. The molecule has 0 radical (unpaired) electrons. The first-order valence-corrected chi connectivity index (χ1v) is 3.19. The molecule has 1 aromatic rings. The smallest absolute Gasteiger partial charge is 0.265 e. The van der Waals surface area contributed by atoms with Crippen molar-refractivity contribution < 1.29 is 4.92 Å². The average molecular weight is 150 g/mol. The maximum Gasteiger partial charge on any atom is 0.287 e. The minimum absolute atomic E-state index is 0.0492. The lowest BCUT2D eigenvalue weighted by atomic mass is 9.98. The summed E-state index contributed by atoms with van der Waals surface area (Å²) in [6, 6.07) is 1.52. The van der Waals surface area contributed by atoms with Crippen LogP contribution < -0.4 is 5.59 Å². The SMILES string of the molecule is Bc1ncc([N+](=O)[O-])cc1C. The molecule has 0 spiro atoms. The minimum atomic E-state index is -0.445. The third-order valence-corrected chi connectivity index (χ3v) is 1.54. The second-order valence-electron chi connectivity index (χ2n) is 2.35. The van der Waals surface area contributed by atoms with E-state index < -0.39 is 4.92 Å². The Hall–Kier alpha value is -1.39. The lowest BCUT2D eigenvalue weighted by molar-refractivity contribution is -0.385. The Balaban J connectivity index is 3.15. The second-order valence-corrected chi connectivity index (χ2v) is 2.35. The zero-order chi connectivity index (χ0) is 8.43. The van der Waals surface area contributed by atoms with Gasteiger partial charge in [0.05, 0.1) is 4.92 Å². The topological polar surface area (TPSA) is 56.0 Å². The molecule has 0 unspecified atom stereocenters. The van der Waals surface area contributed by atoms with E-state index in [1.165, 1.54) is 12.3 Å². The quantitative estimate of drug-likeness (QED) is 0.309. The van der Waals surface area contributed by atoms with Crippen LogP contribution in [-0.2, 0) is 0 Å². The molecule has 1 heterocycles. The molecule has 0 aliphatic heterocycles.